The molecule has 110 valence electrons. The molecule has 1 aliphatic carbocycles. The van der Waals surface area contributed by atoms with Crippen LogP contribution in [-0.4, -0.2) is 47.1 Å². The largest absolute Gasteiger partial charge is 0.478 e. The zero-order chi connectivity index (χ0) is 14.5. The molecule has 0 aromatic carbocycles. The van der Waals surface area contributed by atoms with Gasteiger partial charge in [0.25, 0.3) is 0 Å². The van der Waals surface area contributed by atoms with Crippen LogP contribution in [-0.2, 0) is 0 Å². The number of hydrogen-bond donors (Lipinski definition) is 2. The van der Waals surface area contributed by atoms with Gasteiger partial charge in [0.15, 0.2) is 0 Å². The molecule has 5 nitrogen and oxygen atoms in total. The number of pyridine rings is 1. The summed E-state index contributed by atoms with van der Waals surface area (Å²) in [6.45, 7) is 3.48. The SMILES string of the molecule is Cc1ccc(C(=O)O)c(NCCN(C)C2CCCC2)n1. The van der Waals surface area contributed by atoms with Crippen LogP contribution < -0.4 is 5.32 Å². The fourth-order valence-electron chi connectivity index (χ4n) is 2.74. The maximum Gasteiger partial charge on any atom is 0.339 e. The van der Waals surface area contributed by atoms with Gasteiger partial charge in [0.05, 0.1) is 0 Å². The van der Waals surface area contributed by atoms with E-state index in [1.807, 2.05) is 6.92 Å². The van der Waals surface area contributed by atoms with E-state index in [2.05, 4.69) is 22.2 Å². The lowest BCUT2D eigenvalue weighted by atomic mass is 10.2. The van der Waals surface area contributed by atoms with E-state index in [9.17, 15) is 4.79 Å². The summed E-state index contributed by atoms with van der Waals surface area (Å²) in [4.78, 5) is 17.8. The molecule has 0 atom stereocenters. The molecular formula is C15H23N3O2. The number of likely N-dealkylation sites (N-methyl/N-ethyl adjacent to an activating group) is 1. The number of carboxylic acid groups (broad SMARTS) is 1. The number of aryl methyl sites for hydroxylation is 1. The van der Waals surface area contributed by atoms with Crippen LogP contribution in [0.15, 0.2) is 12.1 Å². The average molecular weight is 277 g/mol. The molecular weight excluding hydrogens is 254 g/mol. The molecule has 2 rings (SSSR count). The minimum Gasteiger partial charge on any atom is -0.478 e. The van der Waals surface area contributed by atoms with E-state index in [-0.39, 0.29) is 5.56 Å². The van der Waals surface area contributed by atoms with E-state index in [1.54, 1.807) is 12.1 Å². The summed E-state index contributed by atoms with van der Waals surface area (Å²) in [5, 5.41) is 12.3. The number of aromatic carboxylic acids is 1. The van der Waals surface area contributed by atoms with Crippen LogP contribution in [0.5, 0.6) is 0 Å². The highest BCUT2D eigenvalue weighted by atomic mass is 16.4. The minimum absolute atomic E-state index is 0.235. The highest BCUT2D eigenvalue weighted by Gasteiger charge is 2.19. The third-order valence-corrected chi connectivity index (χ3v) is 3.97. The highest BCUT2D eigenvalue weighted by Crippen LogP contribution is 2.22. The summed E-state index contributed by atoms with van der Waals surface area (Å²) in [5.74, 6) is -0.471. The van der Waals surface area contributed by atoms with Crippen LogP contribution in [0.1, 0.15) is 41.7 Å². The standard InChI is InChI=1S/C15H23N3O2/c1-11-7-8-13(15(19)20)14(17-11)16-9-10-18(2)12-5-3-4-6-12/h7-8,12H,3-6,9-10H2,1-2H3,(H,16,17)(H,19,20). The van der Waals surface area contributed by atoms with Gasteiger partial charge in [-0.3, -0.25) is 0 Å². The van der Waals surface area contributed by atoms with Crippen molar-refractivity contribution in [2.75, 3.05) is 25.5 Å². The Bertz CT molecular complexity index is 470. The first-order valence-electron chi connectivity index (χ1n) is 7.23. The number of nitrogens with zero attached hydrogens (tertiary/aromatic N) is 2. The molecule has 0 amide bonds. The molecule has 20 heavy (non-hydrogen) atoms. The van der Waals surface area contributed by atoms with Gasteiger partial charge >= 0.3 is 5.97 Å². The third-order valence-electron chi connectivity index (χ3n) is 3.97. The maximum absolute atomic E-state index is 11.1. The summed E-state index contributed by atoms with van der Waals surface area (Å²) in [7, 11) is 2.14. The van der Waals surface area contributed by atoms with Gasteiger partial charge in [-0.25, -0.2) is 9.78 Å². The van der Waals surface area contributed by atoms with E-state index >= 15 is 0 Å². The second-order valence-corrected chi connectivity index (χ2v) is 5.50. The number of rotatable bonds is 6. The van der Waals surface area contributed by atoms with Crippen LogP contribution in [0.3, 0.4) is 0 Å². The van der Waals surface area contributed by atoms with E-state index in [0.29, 0.717) is 18.4 Å². The molecule has 0 radical (unpaired) electrons. The zero-order valence-corrected chi connectivity index (χ0v) is 12.2. The number of nitrogens with one attached hydrogen (secondary N) is 1. The van der Waals surface area contributed by atoms with E-state index in [4.69, 9.17) is 5.11 Å². The van der Waals surface area contributed by atoms with Crippen molar-refractivity contribution < 1.29 is 9.90 Å². The van der Waals surface area contributed by atoms with Gasteiger partial charge in [-0.1, -0.05) is 12.8 Å². The molecule has 0 unspecified atom stereocenters. The number of hydrogen-bond acceptors (Lipinski definition) is 4. The normalized spacial score (nSPS) is 15.8. The quantitative estimate of drug-likeness (QED) is 0.835. The Balaban J connectivity index is 1.90. The molecule has 1 fully saturated rings. The van der Waals surface area contributed by atoms with Crippen molar-refractivity contribution in [3.63, 3.8) is 0 Å². The van der Waals surface area contributed by atoms with Crippen molar-refractivity contribution in [2.45, 2.75) is 38.6 Å². The van der Waals surface area contributed by atoms with Crippen molar-refractivity contribution >= 4 is 11.8 Å². The van der Waals surface area contributed by atoms with Crippen LogP contribution in [0.25, 0.3) is 0 Å². The van der Waals surface area contributed by atoms with Crippen molar-refractivity contribution in [3.05, 3.63) is 23.4 Å². The molecule has 0 aliphatic heterocycles. The van der Waals surface area contributed by atoms with Gasteiger partial charge < -0.3 is 15.3 Å². The summed E-state index contributed by atoms with van der Waals surface area (Å²) in [6.07, 6.45) is 5.20. The zero-order valence-electron chi connectivity index (χ0n) is 12.2. The Kier molecular flexibility index (Phi) is 4.95. The van der Waals surface area contributed by atoms with Gasteiger partial charge in [0.2, 0.25) is 0 Å². The number of anilines is 1. The van der Waals surface area contributed by atoms with E-state index in [0.717, 1.165) is 12.2 Å². The van der Waals surface area contributed by atoms with Gasteiger partial charge in [0, 0.05) is 24.8 Å². The van der Waals surface area contributed by atoms with E-state index < -0.39 is 5.97 Å². The maximum atomic E-state index is 11.1. The lowest BCUT2D eigenvalue weighted by molar-refractivity contribution is 0.0697. The fourth-order valence-corrected chi connectivity index (χ4v) is 2.74. The van der Waals surface area contributed by atoms with Crippen molar-refractivity contribution in [1.82, 2.24) is 9.88 Å². The number of aromatic nitrogens is 1. The van der Waals surface area contributed by atoms with Crippen molar-refractivity contribution in [2.24, 2.45) is 0 Å². The Labute approximate surface area is 120 Å². The van der Waals surface area contributed by atoms with Gasteiger partial charge in [0.1, 0.15) is 11.4 Å². The lowest BCUT2D eigenvalue weighted by Gasteiger charge is -2.24. The lowest BCUT2D eigenvalue weighted by Crippen LogP contribution is -2.33. The number of carboxylic acids is 1. The Morgan fingerprint density at radius 1 is 1.45 bits per heavy atom. The molecule has 1 aromatic heterocycles. The smallest absolute Gasteiger partial charge is 0.339 e. The molecule has 1 aromatic rings. The molecule has 5 heteroatoms. The molecule has 2 N–H and O–H groups in total. The highest BCUT2D eigenvalue weighted by molar-refractivity contribution is 5.93. The molecule has 0 saturated heterocycles. The average Bonchev–Trinajstić information content (AvgIpc) is 2.92. The summed E-state index contributed by atoms with van der Waals surface area (Å²) >= 11 is 0. The topological polar surface area (TPSA) is 65.5 Å². The third kappa shape index (κ3) is 3.70. The first-order chi connectivity index (χ1) is 9.58. The molecule has 1 aliphatic rings. The molecule has 0 bridgehead atoms. The van der Waals surface area contributed by atoms with Crippen LogP contribution >= 0.6 is 0 Å². The molecule has 0 spiro atoms. The second-order valence-electron chi connectivity index (χ2n) is 5.50. The van der Waals surface area contributed by atoms with Crippen LogP contribution in [0, 0.1) is 6.92 Å². The molecule has 1 saturated carbocycles. The Hall–Kier alpha value is -1.62. The van der Waals surface area contributed by atoms with Gasteiger partial charge in [-0.15, -0.1) is 0 Å². The predicted octanol–water partition coefficient (Wildman–Crippen LogP) is 2.37. The second kappa shape index (κ2) is 6.70. The summed E-state index contributed by atoms with van der Waals surface area (Å²) in [5.41, 5.74) is 1.06. The monoisotopic (exact) mass is 277 g/mol. The first-order valence-corrected chi connectivity index (χ1v) is 7.23. The fraction of sp³-hybridized carbons (Fsp3) is 0.600. The van der Waals surface area contributed by atoms with Gasteiger partial charge in [-0.2, -0.15) is 0 Å². The van der Waals surface area contributed by atoms with E-state index in [1.165, 1.54) is 25.7 Å². The van der Waals surface area contributed by atoms with Crippen LogP contribution in [0.2, 0.25) is 0 Å². The molecule has 1 heterocycles. The van der Waals surface area contributed by atoms with Gasteiger partial charge in [-0.05, 0) is 38.9 Å². The first kappa shape index (κ1) is 14.8. The number of carbonyl (C=O) groups is 1. The van der Waals surface area contributed by atoms with Crippen molar-refractivity contribution in [1.29, 1.82) is 0 Å². The minimum atomic E-state index is -0.941. The summed E-state index contributed by atoms with van der Waals surface area (Å²) < 4.78 is 0. The van der Waals surface area contributed by atoms with Crippen LogP contribution in [0.4, 0.5) is 5.82 Å². The Morgan fingerprint density at radius 3 is 2.80 bits per heavy atom. The summed E-state index contributed by atoms with van der Waals surface area (Å²) in [6, 6.07) is 4.01. The predicted molar refractivity (Wildman–Crippen MR) is 79.3 cm³/mol. The van der Waals surface area contributed by atoms with Crippen molar-refractivity contribution in [3.8, 4) is 0 Å². The Morgan fingerprint density at radius 2 is 2.15 bits per heavy atom.